The van der Waals surface area contributed by atoms with Gasteiger partial charge in [0.15, 0.2) is 0 Å². The number of hydrogen-bond acceptors (Lipinski definition) is 1. The van der Waals surface area contributed by atoms with Crippen molar-refractivity contribution in [3.8, 4) is 0 Å². The molecule has 1 amide bonds. The van der Waals surface area contributed by atoms with Gasteiger partial charge in [0.2, 0.25) is 0 Å². The Labute approximate surface area is 99.2 Å². The Hall–Kier alpha value is -0.830. The maximum absolute atomic E-state index is 11.8. The third-order valence-corrected chi connectivity index (χ3v) is 2.83. The van der Waals surface area contributed by atoms with Crippen molar-refractivity contribution >= 4 is 21.8 Å². The molecule has 2 nitrogen and oxygen atoms in total. The van der Waals surface area contributed by atoms with Crippen LogP contribution in [0.5, 0.6) is 0 Å². The average molecular weight is 270 g/mol. The summed E-state index contributed by atoms with van der Waals surface area (Å²) in [5.74, 6) is 0.0264. The molecule has 82 valence electrons. The van der Waals surface area contributed by atoms with Crippen LogP contribution in [-0.4, -0.2) is 12.5 Å². The molecule has 0 fully saturated rings. The topological polar surface area (TPSA) is 29.1 Å². The van der Waals surface area contributed by atoms with Crippen LogP contribution in [0.15, 0.2) is 24.3 Å². The molecule has 0 saturated carbocycles. The summed E-state index contributed by atoms with van der Waals surface area (Å²) in [5.41, 5.74) is 1.80. The SMILES string of the molecule is CCCCNC(=O)c1ccccc1CBr. The Morgan fingerprint density at radius 2 is 2.13 bits per heavy atom. The zero-order valence-corrected chi connectivity index (χ0v) is 10.5. The minimum Gasteiger partial charge on any atom is -0.352 e. The predicted molar refractivity (Wildman–Crippen MR) is 66.3 cm³/mol. The van der Waals surface area contributed by atoms with E-state index in [1.807, 2.05) is 24.3 Å². The first-order valence-corrected chi connectivity index (χ1v) is 6.33. The van der Waals surface area contributed by atoms with Crippen LogP contribution in [0.3, 0.4) is 0 Å². The van der Waals surface area contributed by atoms with Crippen molar-refractivity contribution in [2.24, 2.45) is 0 Å². The van der Waals surface area contributed by atoms with E-state index in [2.05, 4.69) is 28.2 Å². The summed E-state index contributed by atoms with van der Waals surface area (Å²) >= 11 is 3.38. The Morgan fingerprint density at radius 3 is 2.80 bits per heavy atom. The van der Waals surface area contributed by atoms with Crippen LogP contribution in [0.1, 0.15) is 35.7 Å². The number of rotatable bonds is 5. The molecule has 0 heterocycles. The van der Waals surface area contributed by atoms with E-state index in [1.54, 1.807) is 0 Å². The van der Waals surface area contributed by atoms with Crippen LogP contribution in [0.25, 0.3) is 0 Å². The number of unbranched alkanes of at least 4 members (excludes halogenated alkanes) is 1. The summed E-state index contributed by atoms with van der Waals surface area (Å²) in [6.07, 6.45) is 2.13. The lowest BCUT2D eigenvalue weighted by atomic mass is 10.1. The Balaban J connectivity index is 2.64. The number of carbonyl (C=O) groups is 1. The molecule has 0 bridgehead atoms. The number of alkyl halides is 1. The van der Waals surface area contributed by atoms with Gasteiger partial charge in [0, 0.05) is 17.4 Å². The van der Waals surface area contributed by atoms with Gasteiger partial charge < -0.3 is 5.32 Å². The number of benzene rings is 1. The predicted octanol–water partition coefficient (Wildman–Crippen LogP) is 3.11. The second kappa shape index (κ2) is 6.62. The van der Waals surface area contributed by atoms with Gasteiger partial charge in [0.05, 0.1) is 0 Å². The largest absolute Gasteiger partial charge is 0.352 e. The fraction of sp³-hybridized carbons (Fsp3) is 0.417. The molecule has 1 N–H and O–H groups in total. The van der Waals surface area contributed by atoms with Gasteiger partial charge in [0.25, 0.3) is 5.91 Å². The van der Waals surface area contributed by atoms with Gasteiger partial charge in [-0.15, -0.1) is 0 Å². The molecule has 15 heavy (non-hydrogen) atoms. The lowest BCUT2D eigenvalue weighted by Gasteiger charge is -2.07. The minimum absolute atomic E-state index is 0.0264. The smallest absolute Gasteiger partial charge is 0.251 e. The molecular formula is C12H16BrNO. The van der Waals surface area contributed by atoms with Gasteiger partial charge in [-0.3, -0.25) is 4.79 Å². The summed E-state index contributed by atoms with van der Waals surface area (Å²) in [6.45, 7) is 2.87. The van der Waals surface area contributed by atoms with Crippen molar-refractivity contribution in [1.82, 2.24) is 5.32 Å². The van der Waals surface area contributed by atoms with Crippen molar-refractivity contribution < 1.29 is 4.79 Å². The molecule has 3 heteroatoms. The molecule has 0 aliphatic rings. The van der Waals surface area contributed by atoms with E-state index in [4.69, 9.17) is 0 Å². The van der Waals surface area contributed by atoms with Crippen molar-refractivity contribution in [3.05, 3.63) is 35.4 Å². The van der Waals surface area contributed by atoms with E-state index >= 15 is 0 Å². The lowest BCUT2D eigenvalue weighted by Crippen LogP contribution is -2.25. The molecule has 0 spiro atoms. The van der Waals surface area contributed by atoms with Gasteiger partial charge in [-0.1, -0.05) is 47.5 Å². The molecule has 1 aromatic rings. The van der Waals surface area contributed by atoms with Crippen LogP contribution < -0.4 is 5.32 Å². The quantitative estimate of drug-likeness (QED) is 0.646. The maximum atomic E-state index is 11.8. The molecular weight excluding hydrogens is 254 g/mol. The zero-order chi connectivity index (χ0) is 11.1. The van der Waals surface area contributed by atoms with E-state index in [0.29, 0.717) is 5.33 Å². The van der Waals surface area contributed by atoms with Crippen molar-refractivity contribution in [3.63, 3.8) is 0 Å². The summed E-state index contributed by atoms with van der Waals surface area (Å²) in [4.78, 5) is 11.8. The average Bonchev–Trinajstić information content (AvgIpc) is 2.29. The van der Waals surface area contributed by atoms with Crippen LogP contribution in [0, 0.1) is 0 Å². The normalized spacial score (nSPS) is 10.0. The maximum Gasteiger partial charge on any atom is 0.251 e. The van der Waals surface area contributed by atoms with Crippen LogP contribution in [0.4, 0.5) is 0 Å². The van der Waals surface area contributed by atoms with Gasteiger partial charge in [-0.2, -0.15) is 0 Å². The Kier molecular flexibility index (Phi) is 5.40. The minimum atomic E-state index is 0.0264. The Bertz CT molecular complexity index is 325. The first-order valence-electron chi connectivity index (χ1n) is 5.21. The molecule has 0 aromatic heterocycles. The standard InChI is InChI=1S/C12H16BrNO/c1-2-3-8-14-12(15)11-7-5-4-6-10(11)9-13/h4-7H,2-3,8-9H2,1H3,(H,14,15). The molecule has 1 rings (SSSR count). The summed E-state index contributed by atoms with van der Waals surface area (Å²) < 4.78 is 0. The number of nitrogens with one attached hydrogen (secondary N) is 1. The highest BCUT2D eigenvalue weighted by molar-refractivity contribution is 9.08. The number of hydrogen-bond donors (Lipinski definition) is 1. The second-order valence-electron chi connectivity index (χ2n) is 3.40. The third kappa shape index (κ3) is 3.67. The van der Waals surface area contributed by atoms with Crippen molar-refractivity contribution in [2.75, 3.05) is 6.54 Å². The van der Waals surface area contributed by atoms with Crippen molar-refractivity contribution in [2.45, 2.75) is 25.1 Å². The number of amides is 1. The zero-order valence-electron chi connectivity index (χ0n) is 8.92. The molecule has 0 aliphatic carbocycles. The highest BCUT2D eigenvalue weighted by Gasteiger charge is 2.08. The molecule has 0 radical (unpaired) electrons. The first kappa shape index (κ1) is 12.2. The highest BCUT2D eigenvalue weighted by Crippen LogP contribution is 2.12. The number of halogens is 1. The van der Waals surface area contributed by atoms with Crippen LogP contribution >= 0.6 is 15.9 Å². The molecule has 0 atom stereocenters. The fourth-order valence-electron chi connectivity index (χ4n) is 1.33. The molecule has 0 saturated heterocycles. The van der Waals surface area contributed by atoms with E-state index < -0.39 is 0 Å². The first-order chi connectivity index (χ1) is 7.29. The monoisotopic (exact) mass is 269 g/mol. The highest BCUT2D eigenvalue weighted by atomic mass is 79.9. The summed E-state index contributed by atoms with van der Waals surface area (Å²) in [6, 6.07) is 7.65. The summed E-state index contributed by atoms with van der Waals surface area (Å²) in [5, 5.41) is 3.63. The fourth-order valence-corrected chi connectivity index (χ4v) is 1.82. The molecule has 0 unspecified atom stereocenters. The van der Waals surface area contributed by atoms with Gasteiger partial charge >= 0.3 is 0 Å². The second-order valence-corrected chi connectivity index (χ2v) is 3.96. The van der Waals surface area contributed by atoms with E-state index in [0.717, 1.165) is 30.5 Å². The number of carbonyl (C=O) groups excluding carboxylic acids is 1. The van der Waals surface area contributed by atoms with Crippen LogP contribution in [-0.2, 0) is 5.33 Å². The van der Waals surface area contributed by atoms with Crippen LogP contribution in [0.2, 0.25) is 0 Å². The summed E-state index contributed by atoms with van der Waals surface area (Å²) in [7, 11) is 0. The van der Waals surface area contributed by atoms with E-state index in [9.17, 15) is 4.79 Å². The van der Waals surface area contributed by atoms with Gasteiger partial charge in [-0.05, 0) is 18.1 Å². The van der Waals surface area contributed by atoms with E-state index in [-0.39, 0.29) is 5.91 Å². The Morgan fingerprint density at radius 1 is 1.40 bits per heavy atom. The van der Waals surface area contributed by atoms with E-state index in [1.165, 1.54) is 0 Å². The molecule has 1 aromatic carbocycles. The third-order valence-electron chi connectivity index (χ3n) is 2.22. The van der Waals surface area contributed by atoms with Gasteiger partial charge in [0.1, 0.15) is 0 Å². The van der Waals surface area contributed by atoms with Gasteiger partial charge in [-0.25, -0.2) is 0 Å². The van der Waals surface area contributed by atoms with Crippen molar-refractivity contribution in [1.29, 1.82) is 0 Å². The molecule has 0 aliphatic heterocycles. The lowest BCUT2D eigenvalue weighted by molar-refractivity contribution is 0.0952.